The maximum Gasteiger partial charge on any atom is 0.119 e. The van der Waals surface area contributed by atoms with E-state index in [0.717, 1.165) is 18.8 Å². The van der Waals surface area contributed by atoms with Crippen molar-refractivity contribution in [3.05, 3.63) is 29.3 Å². The number of ether oxygens (including phenoxy) is 2. The second-order valence-corrected chi connectivity index (χ2v) is 5.75. The van der Waals surface area contributed by atoms with Crippen LogP contribution in [0, 0.1) is 12.8 Å². The fourth-order valence-corrected chi connectivity index (χ4v) is 3.27. The molecule has 2 rings (SSSR count). The van der Waals surface area contributed by atoms with Crippen LogP contribution in [0.15, 0.2) is 18.2 Å². The summed E-state index contributed by atoms with van der Waals surface area (Å²) in [6.45, 7) is 5.12. The summed E-state index contributed by atoms with van der Waals surface area (Å²) in [6, 6.07) is 6.26. The van der Waals surface area contributed by atoms with Crippen LogP contribution in [-0.4, -0.2) is 19.8 Å². The Bertz CT molecular complexity index is 392. The predicted molar refractivity (Wildman–Crippen MR) is 72.9 cm³/mol. The molecule has 1 aromatic carbocycles. The Kier molecular flexibility index (Phi) is 4.10. The van der Waals surface area contributed by atoms with E-state index in [0.29, 0.717) is 16.8 Å². The summed E-state index contributed by atoms with van der Waals surface area (Å²) >= 11 is 3.82. The van der Waals surface area contributed by atoms with Crippen LogP contribution in [0.5, 0.6) is 5.75 Å². The predicted octanol–water partition coefficient (Wildman–Crippen LogP) is 3.86. The van der Waals surface area contributed by atoms with Crippen molar-refractivity contribution in [3.8, 4) is 5.75 Å². The van der Waals surface area contributed by atoms with Gasteiger partial charge in [0.15, 0.2) is 0 Å². The van der Waals surface area contributed by atoms with Crippen molar-refractivity contribution in [2.24, 2.45) is 5.92 Å². The van der Waals surface area contributed by atoms with Crippen molar-refractivity contribution >= 4 is 15.9 Å². The van der Waals surface area contributed by atoms with Crippen LogP contribution in [0.4, 0.5) is 0 Å². The molecular formula is C14H19BrO2. The van der Waals surface area contributed by atoms with Crippen molar-refractivity contribution in [2.75, 3.05) is 13.7 Å². The summed E-state index contributed by atoms with van der Waals surface area (Å²) in [5, 5.41) is 0. The number of hydrogen-bond acceptors (Lipinski definition) is 2. The highest BCUT2D eigenvalue weighted by atomic mass is 79.9. The quantitative estimate of drug-likeness (QED) is 0.789. The lowest BCUT2D eigenvalue weighted by atomic mass is 9.94. The molecule has 3 heteroatoms. The first kappa shape index (κ1) is 12.9. The molecule has 1 saturated heterocycles. The summed E-state index contributed by atoms with van der Waals surface area (Å²) in [6.07, 6.45) is 1.51. The minimum atomic E-state index is 0.373. The fraction of sp³-hybridized carbons (Fsp3) is 0.571. The van der Waals surface area contributed by atoms with Crippen LogP contribution < -0.4 is 4.74 Å². The molecule has 1 aliphatic rings. The lowest BCUT2D eigenvalue weighted by Gasteiger charge is -2.19. The van der Waals surface area contributed by atoms with Crippen LogP contribution >= 0.6 is 15.9 Å². The molecular weight excluding hydrogens is 280 g/mol. The molecule has 1 aromatic rings. The van der Waals surface area contributed by atoms with Gasteiger partial charge in [-0.3, -0.25) is 0 Å². The van der Waals surface area contributed by atoms with Gasteiger partial charge >= 0.3 is 0 Å². The van der Waals surface area contributed by atoms with E-state index in [4.69, 9.17) is 9.47 Å². The Morgan fingerprint density at radius 2 is 2.24 bits per heavy atom. The summed E-state index contributed by atoms with van der Waals surface area (Å²) in [5.74, 6) is 1.49. The fourth-order valence-electron chi connectivity index (χ4n) is 2.39. The van der Waals surface area contributed by atoms with Gasteiger partial charge < -0.3 is 9.47 Å². The summed E-state index contributed by atoms with van der Waals surface area (Å²) in [5.41, 5.74) is 2.61. The molecule has 1 heterocycles. The molecule has 0 aliphatic carbocycles. The SMILES string of the molecule is COc1ccc(C(Br)C2COC(C)C2)c(C)c1. The third-order valence-electron chi connectivity index (χ3n) is 3.42. The number of rotatable bonds is 3. The molecule has 3 atom stereocenters. The van der Waals surface area contributed by atoms with E-state index in [-0.39, 0.29) is 0 Å². The second kappa shape index (κ2) is 5.40. The first-order valence-electron chi connectivity index (χ1n) is 6.02. The van der Waals surface area contributed by atoms with Crippen LogP contribution in [0.1, 0.15) is 29.3 Å². The molecule has 17 heavy (non-hydrogen) atoms. The van der Waals surface area contributed by atoms with Crippen molar-refractivity contribution < 1.29 is 9.47 Å². The van der Waals surface area contributed by atoms with Gasteiger partial charge in [0.05, 0.1) is 19.8 Å². The highest BCUT2D eigenvalue weighted by Gasteiger charge is 2.29. The number of methoxy groups -OCH3 is 1. The molecule has 0 amide bonds. The highest BCUT2D eigenvalue weighted by Crippen LogP contribution is 2.39. The highest BCUT2D eigenvalue weighted by molar-refractivity contribution is 9.09. The van der Waals surface area contributed by atoms with E-state index in [1.165, 1.54) is 11.1 Å². The molecule has 0 N–H and O–H groups in total. The smallest absolute Gasteiger partial charge is 0.119 e. The van der Waals surface area contributed by atoms with Gasteiger partial charge in [0.25, 0.3) is 0 Å². The van der Waals surface area contributed by atoms with Crippen LogP contribution in [0.3, 0.4) is 0 Å². The molecule has 0 bridgehead atoms. The van der Waals surface area contributed by atoms with Gasteiger partial charge in [0.1, 0.15) is 5.75 Å². The molecule has 2 nitrogen and oxygen atoms in total. The Morgan fingerprint density at radius 3 is 2.76 bits per heavy atom. The molecule has 0 radical (unpaired) electrons. The average molecular weight is 299 g/mol. The monoisotopic (exact) mass is 298 g/mol. The van der Waals surface area contributed by atoms with Gasteiger partial charge in [0, 0.05) is 10.7 Å². The molecule has 94 valence electrons. The number of alkyl halides is 1. The minimum absolute atomic E-state index is 0.373. The second-order valence-electron chi connectivity index (χ2n) is 4.76. The van der Waals surface area contributed by atoms with Crippen molar-refractivity contribution in [1.82, 2.24) is 0 Å². The van der Waals surface area contributed by atoms with Crippen molar-refractivity contribution in [3.63, 3.8) is 0 Å². The summed E-state index contributed by atoms with van der Waals surface area (Å²) in [7, 11) is 1.70. The zero-order valence-corrected chi connectivity index (χ0v) is 12.2. The molecule has 0 spiro atoms. The van der Waals surface area contributed by atoms with Crippen LogP contribution in [-0.2, 0) is 4.74 Å². The summed E-state index contributed by atoms with van der Waals surface area (Å²) in [4.78, 5) is 0.373. The zero-order chi connectivity index (χ0) is 12.4. The number of benzene rings is 1. The van der Waals surface area contributed by atoms with Crippen LogP contribution in [0.25, 0.3) is 0 Å². The van der Waals surface area contributed by atoms with Crippen LogP contribution in [0.2, 0.25) is 0 Å². The standard InChI is InChI=1S/C14H19BrO2/c1-9-6-12(16-3)4-5-13(9)14(15)11-7-10(2)17-8-11/h4-6,10-11,14H,7-8H2,1-3H3. The summed E-state index contributed by atoms with van der Waals surface area (Å²) < 4.78 is 10.9. The minimum Gasteiger partial charge on any atom is -0.497 e. The molecule has 3 unspecified atom stereocenters. The Labute approximate surface area is 111 Å². The van der Waals surface area contributed by atoms with Crippen molar-refractivity contribution in [1.29, 1.82) is 0 Å². The third-order valence-corrected chi connectivity index (χ3v) is 4.66. The van der Waals surface area contributed by atoms with E-state index in [2.05, 4.69) is 41.9 Å². The Balaban J connectivity index is 2.16. The number of aryl methyl sites for hydroxylation is 1. The zero-order valence-electron chi connectivity index (χ0n) is 10.6. The molecule has 0 saturated carbocycles. The lowest BCUT2D eigenvalue weighted by molar-refractivity contribution is 0.120. The maximum atomic E-state index is 5.64. The molecule has 0 aromatic heterocycles. The van der Waals surface area contributed by atoms with Gasteiger partial charge in [-0.2, -0.15) is 0 Å². The van der Waals surface area contributed by atoms with E-state index < -0.39 is 0 Å². The number of halogens is 1. The number of hydrogen-bond donors (Lipinski definition) is 0. The van der Waals surface area contributed by atoms with E-state index >= 15 is 0 Å². The molecule has 1 fully saturated rings. The third kappa shape index (κ3) is 2.83. The van der Waals surface area contributed by atoms with Gasteiger partial charge in [-0.25, -0.2) is 0 Å². The van der Waals surface area contributed by atoms with Gasteiger partial charge in [-0.15, -0.1) is 0 Å². The van der Waals surface area contributed by atoms with E-state index in [1.54, 1.807) is 7.11 Å². The Morgan fingerprint density at radius 1 is 1.47 bits per heavy atom. The normalized spacial score (nSPS) is 25.9. The van der Waals surface area contributed by atoms with Gasteiger partial charge in [-0.1, -0.05) is 22.0 Å². The lowest BCUT2D eigenvalue weighted by Crippen LogP contribution is -2.09. The first-order valence-corrected chi connectivity index (χ1v) is 6.93. The van der Waals surface area contributed by atoms with E-state index in [1.807, 2.05) is 6.07 Å². The average Bonchev–Trinajstić information content (AvgIpc) is 2.75. The van der Waals surface area contributed by atoms with Gasteiger partial charge in [-0.05, 0) is 43.5 Å². The van der Waals surface area contributed by atoms with Crippen molar-refractivity contribution in [2.45, 2.75) is 31.2 Å². The molecule has 1 aliphatic heterocycles. The topological polar surface area (TPSA) is 18.5 Å². The Hall–Kier alpha value is -0.540. The maximum absolute atomic E-state index is 5.64. The largest absolute Gasteiger partial charge is 0.497 e. The first-order chi connectivity index (χ1) is 8.11. The van der Waals surface area contributed by atoms with Gasteiger partial charge in [0.2, 0.25) is 0 Å². The van der Waals surface area contributed by atoms with E-state index in [9.17, 15) is 0 Å².